The molecule has 1 atom stereocenters. The van der Waals surface area contributed by atoms with Gasteiger partial charge in [0.2, 0.25) is 5.43 Å². The molecular weight excluding hydrogens is 382 g/mol. The molecule has 8 heteroatoms. The van der Waals surface area contributed by atoms with Crippen LogP contribution in [0.25, 0.3) is 10.9 Å². The highest BCUT2D eigenvalue weighted by Gasteiger charge is 2.35. The van der Waals surface area contributed by atoms with Gasteiger partial charge >= 0.3 is 5.97 Å². The number of phenols is 1. The largest absolute Gasteiger partial charge is 0.506 e. The molecule has 0 spiro atoms. The Labute approximate surface area is 167 Å². The van der Waals surface area contributed by atoms with Crippen LogP contribution in [0.5, 0.6) is 5.75 Å². The third-order valence-corrected chi connectivity index (χ3v) is 5.94. The molecule has 2 fully saturated rings. The predicted molar refractivity (Wildman–Crippen MR) is 109 cm³/mol. The molecule has 1 aromatic carbocycles. The van der Waals surface area contributed by atoms with Gasteiger partial charge < -0.3 is 25.4 Å². The predicted octanol–water partition coefficient (Wildman–Crippen LogP) is 2.96. The molecule has 2 aromatic rings. The van der Waals surface area contributed by atoms with Gasteiger partial charge in [0.05, 0.1) is 15.9 Å². The molecule has 1 aliphatic heterocycles. The summed E-state index contributed by atoms with van der Waals surface area (Å²) in [4.78, 5) is 26.2. The average Bonchev–Trinajstić information content (AvgIpc) is 3.38. The summed E-state index contributed by atoms with van der Waals surface area (Å²) in [5.74, 6) is -1.42. The maximum Gasteiger partial charge on any atom is 0.341 e. The molecule has 28 heavy (non-hydrogen) atoms. The maximum absolute atomic E-state index is 12.7. The second-order valence-corrected chi connectivity index (χ2v) is 9.16. The number of hydrogen-bond acceptors (Lipinski definition) is 5. The standard InChI is InChI=1S/C20H24ClN3O4/c1-20(2)6-10(22)7-23(9-20)17-14(25)5-12-16(15(17)21)24(11-3-4-11)8-13(18(12)26)19(27)28/h5,8,10-11,25H,3-4,6-7,9,22H2,1-2H3,(H,27,28)/t10-/m0/s1. The van der Waals surface area contributed by atoms with E-state index in [1.54, 1.807) is 4.57 Å². The molecule has 0 unspecified atom stereocenters. The van der Waals surface area contributed by atoms with Gasteiger partial charge in [-0.1, -0.05) is 25.4 Å². The van der Waals surface area contributed by atoms with Crippen molar-refractivity contribution in [2.24, 2.45) is 11.1 Å². The fraction of sp³-hybridized carbons (Fsp3) is 0.500. The Balaban J connectivity index is 1.98. The lowest BCUT2D eigenvalue weighted by Gasteiger charge is -2.43. The second kappa shape index (κ2) is 6.39. The summed E-state index contributed by atoms with van der Waals surface area (Å²) in [6, 6.07) is 1.39. The average molecular weight is 406 g/mol. The number of fused-ring (bicyclic) bond motifs is 1. The van der Waals surface area contributed by atoms with E-state index in [0.717, 1.165) is 19.3 Å². The fourth-order valence-electron chi connectivity index (χ4n) is 4.42. The van der Waals surface area contributed by atoms with Crippen LogP contribution in [0.2, 0.25) is 5.02 Å². The number of nitrogens with two attached hydrogens (primary N) is 1. The summed E-state index contributed by atoms with van der Waals surface area (Å²) < 4.78 is 1.78. The minimum Gasteiger partial charge on any atom is -0.506 e. The van der Waals surface area contributed by atoms with Crippen LogP contribution in [-0.4, -0.2) is 39.9 Å². The van der Waals surface area contributed by atoms with Crippen LogP contribution in [0.3, 0.4) is 0 Å². The molecule has 2 heterocycles. The lowest BCUT2D eigenvalue weighted by Crippen LogP contribution is -2.50. The van der Waals surface area contributed by atoms with Gasteiger partial charge in [0.15, 0.2) is 0 Å². The highest BCUT2D eigenvalue weighted by Crippen LogP contribution is 2.46. The van der Waals surface area contributed by atoms with E-state index in [4.69, 9.17) is 17.3 Å². The van der Waals surface area contributed by atoms with E-state index in [2.05, 4.69) is 13.8 Å². The first-order valence-electron chi connectivity index (χ1n) is 9.43. The Morgan fingerprint density at radius 3 is 2.61 bits per heavy atom. The Morgan fingerprint density at radius 1 is 1.36 bits per heavy atom. The Morgan fingerprint density at radius 2 is 2.04 bits per heavy atom. The summed E-state index contributed by atoms with van der Waals surface area (Å²) in [6.07, 6.45) is 4.03. The topological polar surface area (TPSA) is 109 Å². The van der Waals surface area contributed by atoms with Crippen molar-refractivity contribution in [3.05, 3.63) is 33.1 Å². The van der Waals surface area contributed by atoms with Gasteiger partial charge in [-0.05, 0) is 30.7 Å². The molecule has 1 aromatic heterocycles. The van der Waals surface area contributed by atoms with Crippen LogP contribution in [0.15, 0.2) is 17.1 Å². The number of benzene rings is 1. The Hall–Kier alpha value is -2.25. The summed E-state index contributed by atoms with van der Waals surface area (Å²) in [7, 11) is 0. The second-order valence-electron chi connectivity index (χ2n) is 8.78. The number of aromatic nitrogens is 1. The number of carboxylic acid groups (broad SMARTS) is 1. The van der Waals surface area contributed by atoms with Gasteiger partial charge in [-0.25, -0.2) is 4.79 Å². The number of anilines is 1. The monoisotopic (exact) mass is 405 g/mol. The number of aromatic carboxylic acids is 1. The van der Waals surface area contributed by atoms with Crippen LogP contribution >= 0.6 is 11.6 Å². The minimum absolute atomic E-state index is 0.0499. The summed E-state index contributed by atoms with van der Waals surface area (Å²) in [5.41, 5.74) is 6.15. The van der Waals surface area contributed by atoms with E-state index in [-0.39, 0.29) is 39.2 Å². The zero-order chi connectivity index (χ0) is 20.4. The maximum atomic E-state index is 12.7. The van der Waals surface area contributed by atoms with Gasteiger partial charge in [0.25, 0.3) is 0 Å². The zero-order valence-electron chi connectivity index (χ0n) is 15.9. The summed E-state index contributed by atoms with van der Waals surface area (Å²) in [5, 5.41) is 20.5. The number of hydrogen-bond donors (Lipinski definition) is 3. The molecule has 4 rings (SSSR count). The number of rotatable bonds is 3. The van der Waals surface area contributed by atoms with Crippen molar-refractivity contribution >= 4 is 34.2 Å². The van der Waals surface area contributed by atoms with E-state index in [1.807, 2.05) is 4.90 Å². The fourth-order valence-corrected chi connectivity index (χ4v) is 4.83. The molecule has 0 radical (unpaired) electrons. The van der Waals surface area contributed by atoms with Crippen LogP contribution in [0.1, 0.15) is 49.5 Å². The first kappa shape index (κ1) is 19.1. The third-order valence-electron chi connectivity index (χ3n) is 5.59. The Kier molecular flexibility index (Phi) is 4.35. The lowest BCUT2D eigenvalue weighted by molar-refractivity contribution is 0.0695. The number of aromatic hydroxyl groups is 1. The van der Waals surface area contributed by atoms with Crippen molar-refractivity contribution in [1.29, 1.82) is 0 Å². The number of carbonyl (C=O) groups is 1. The normalized spacial score (nSPS) is 21.9. The summed E-state index contributed by atoms with van der Waals surface area (Å²) in [6.45, 7) is 5.44. The number of phenolic OH excluding ortho intramolecular Hbond substituents is 1. The van der Waals surface area contributed by atoms with Gasteiger partial charge in [-0.15, -0.1) is 0 Å². The SMILES string of the molecule is CC1(C)C[C@H](N)CN(c2c(O)cc3c(=O)c(C(=O)O)cn(C4CC4)c3c2Cl)C1. The van der Waals surface area contributed by atoms with E-state index >= 15 is 0 Å². The van der Waals surface area contributed by atoms with Crippen molar-refractivity contribution in [2.45, 2.75) is 45.2 Å². The molecule has 1 aliphatic carbocycles. The molecule has 1 saturated carbocycles. The summed E-state index contributed by atoms with van der Waals surface area (Å²) >= 11 is 6.75. The molecule has 7 nitrogen and oxygen atoms in total. The number of halogens is 1. The minimum atomic E-state index is -1.29. The molecule has 0 bridgehead atoms. The van der Waals surface area contributed by atoms with E-state index in [9.17, 15) is 19.8 Å². The molecule has 2 aliphatic rings. The number of carboxylic acids is 1. The Bertz CT molecular complexity index is 1040. The van der Waals surface area contributed by atoms with E-state index < -0.39 is 11.4 Å². The lowest BCUT2D eigenvalue weighted by atomic mass is 9.81. The van der Waals surface area contributed by atoms with Crippen molar-refractivity contribution in [3.63, 3.8) is 0 Å². The number of pyridine rings is 1. The van der Waals surface area contributed by atoms with Gasteiger partial charge in [0, 0.05) is 31.4 Å². The van der Waals surface area contributed by atoms with E-state index in [1.165, 1.54) is 12.3 Å². The van der Waals surface area contributed by atoms with Gasteiger partial charge in [0.1, 0.15) is 17.0 Å². The molecule has 1 saturated heterocycles. The zero-order valence-corrected chi connectivity index (χ0v) is 16.7. The quantitative estimate of drug-likeness (QED) is 0.724. The molecule has 0 amide bonds. The number of nitrogens with zero attached hydrogens (tertiary/aromatic N) is 2. The van der Waals surface area contributed by atoms with Crippen LogP contribution in [0.4, 0.5) is 5.69 Å². The van der Waals surface area contributed by atoms with Crippen molar-refractivity contribution in [1.82, 2.24) is 4.57 Å². The first-order valence-corrected chi connectivity index (χ1v) is 9.81. The van der Waals surface area contributed by atoms with Crippen LogP contribution < -0.4 is 16.1 Å². The molecule has 4 N–H and O–H groups in total. The first-order chi connectivity index (χ1) is 13.1. The highest BCUT2D eigenvalue weighted by molar-refractivity contribution is 6.38. The van der Waals surface area contributed by atoms with Gasteiger partial charge in [-0.2, -0.15) is 0 Å². The van der Waals surface area contributed by atoms with Crippen molar-refractivity contribution in [2.75, 3.05) is 18.0 Å². The van der Waals surface area contributed by atoms with E-state index in [0.29, 0.717) is 24.3 Å². The molecular formula is C20H24ClN3O4. The van der Waals surface area contributed by atoms with Crippen LogP contribution in [-0.2, 0) is 0 Å². The highest BCUT2D eigenvalue weighted by atomic mass is 35.5. The third kappa shape index (κ3) is 3.12. The smallest absolute Gasteiger partial charge is 0.341 e. The number of piperidine rings is 1. The van der Waals surface area contributed by atoms with Crippen molar-refractivity contribution in [3.8, 4) is 5.75 Å². The van der Waals surface area contributed by atoms with Gasteiger partial charge in [-0.3, -0.25) is 4.79 Å². The van der Waals surface area contributed by atoms with Crippen molar-refractivity contribution < 1.29 is 15.0 Å². The van der Waals surface area contributed by atoms with Crippen LogP contribution in [0, 0.1) is 5.41 Å². The molecule has 150 valence electrons.